The van der Waals surface area contributed by atoms with Crippen LogP contribution in [0.5, 0.6) is 0 Å². The Morgan fingerprint density at radius 3 is 2.43 bits per heavy atom. The molecule has 1 heterocycles. The highest BCUT2D eigenvalue weighted by atomic mass is 19.4. The zero-order chi connectivity index (χ0) is 16.2. The average Bonchev–Trinajstić information content (AvgIpc) is 2.44. The highest BCUT2D eigenvalue weighted by Gasteiger charge is 2.42. The SMILES string of the molecule is CCN(C)C(=O)C(C)NC(=O)C1CCC(C(F)(F)F)CN1. The van der Waals surface area contributed by atoms with Gasteiger partial charge in [0.15, 0.2) is 0 Å². The Hall–Kier alpha value is -1.31. The predicted octanol–water partition coefficient (Wildman–Crippen LogP) is 0.900. The fraction of sp³-hybridized carbons (Fsp3) is 0.846. The minimum absolute atomic E-state index is 0.0776. The first-order valence-corrected chi connectivity index (χ1v) is 7.02. The quantitative estimate of drug-likeness (QED) is 0.811. The van der Waals surface area contributed by atoms with Crippen LogP contribution in [0, 0.1) is 5.92 Å². The molecule has 0 saturated carbocycles. The highest BCUT2D eigenvalue weighted by Crippen LogP contribution is 2.31. The van der Waals surface area contributed by atoms with Gasteiger partial charge in [-0.15, -0.1) is 0 Å². The van der Waals surface area contributed by atoms with E-state index in [1.807, 2.05) is 6.92 Å². The van der Waals surface area contributed by atoms with Crippen molar-refractivity contribution in [1.82, 2.24) is 15.5 Å². The highest BCUT2D eigenvalue weighted by molar-refractivity contribution is 5.89. The summed E-state index contributed by atoms with van der Waals surface area (Å²) in [5, 5.41) is 5.15. The number of halogens is 3. The van der Waals surface area contributed by atoms with Gasteiger partial charge in [-0.05, 0) is 26.7 Å². The number of carbonyl (C=O) groups is 2. The second-order valence-electron chi connectivity index (χ2n) is 5.36. The smallest absolute Gasteiger partial charge is 0.344 e. The van der Waals surface area contributed by atoms with Crippen LogP contribution >= 0.6 is 0 Å². The van der Waals surface area contributed by atoms with Crippen molar-refractivity contribution < 1.29 is 22.8 Å². The molecule has 0 aromatic carbocycles. The van der Waals surface area contributed by atoms with Crippen LogP contribution in [-0.2, 0) is 9.59 Å². The zero-order valence-corrected chi connectivity index (χ0v) is 12.5. The first kappa shape index (κ1) is 17.7. The number of amides is 2. The molecule has 0 aliphatic carbocycles. The van der Waals surface area contributed by atoms with Gasteiger partial charge in [-0.3, -0.25) is 9.59 Å². The molecule has 0 bridgehead atoms. The van der Waals surface area contributed by atoms with Gasteiger partial charge in [0.1, 0.15) is 6.04 Å². The number of hydrogen-bond acceptors (Lipinski definition) is 3. The van der Waals surface area contributed by atoms with Crippen LogP contribution in [0.25, 0.3) is 0 Å². The number of rotatable bonds is 4. The van der Waals surface area contributed by atoms with Crippen LogP contribution in [0.3, 0.4) is 0 Å². The molecule has 122 valence electrons. The maximum atomic E-state index is 12.5. The van der Waals surface area contributed by atoms with E-state index in [1.54, 1.807) is 14.0 Å². The Bertz CT molecular complexity index is 379. The molecule has 1 rings (SSSR count). The van der Waals surface area contributed by atoms with Gasteiger partial charge in [-0.25, -0.2) is 0 Å². The lowest BCUT2D eigenvalue weighted by molar-refractivity contribution is -0.180. The molecule has 0 radical (unpaired) electrons. The molecule has 0 aromatic rings. The van der Waals surface area contributed by atoms with E-state index in [0.717, 1.165) is 0 Å². The molecule has 3 unspecified atom stereocenters. The molecule has 1 fully saturated rings. The van der Waals surface area contributed by atoms with Crippen molar-refractivity contribution in [3.05, 3.63) is 0 Å². The van der Waals surface area contributed by atoms with E-state index in [-0.39, 0.29) is 25.3 Å². The molecule has 2 amide bonds. The van der Waals surface area contributed by atoms with Crippen LogP contribution < -0.4 is 10.6 Å². The van der Waals surface area contributed by atoms with Crippen molar-refractivity contribution in [3.8, 4) is 0 Å². The van der Waals surface area contributed by atoms with Crippen LogP contribution in [0.1, 0.15) is 26.7 Å². The Kier molecular flexibility index (Phi) is 6.00. The van der Waals surface area contributed by atoms with Crippen molar-refractivity contribution in [3.63, 3.8) is 0 Å². The number of nitrogens with one attached hydrogen (secondary N) is 2. The fourth-order valence-corrected chi connectivity index (χ4v) is 2.22. The monoisotopic (exact) mass is 309 g/mol. The van der Waals surface area contributed by atoms with Crippen molar-refractivity contribution in [2.75, 3.05) is 20.1 Å². The third-order valence-electron chi connectivity index (χ3n) is 3.77. The number of hydrogen-bond donors (Lipinski definition) is 2. The summed E-state index contributed by atoms with van der Waals surface area (Å²) in [5.74, 6) is -2.07. The molecular weight excluding hydrogens is 287 g/mol. The van der Waals surface area contributed by atoms with Crippen molar-refractivity contribution >= 4 is 11.8 Å². The summed E-state index contributed by atoms with van der Waals surface area (Å²) in [6.45, 7) is 3.63. The second kappa shape index (κ2) is 7.11. The van der Waals surface area contributed by atoms with E-state index in [1.165, 1.54) is 4.90 Å². The summed E-state index contributed by atoms with van der Waals surface area (Å²) in [6.07, 6.45) is -4.20. The van der Waals surface area contributed by atoms with Gasteiger partial charge in [-0.1, -0.05) is 0 Å². The van der Waals surface area contributed by atoms with Crippen molar-refractivity contribution in [1.29, 1.82) is 0 Å². The molecule has 1 aliphatic rings. The van der Waals surface area contributed by atoms with E-state index in [4.69, 9.17) is 0 Å². The maximum absolute atomic E-state index is 12.5. The molecule has 21 heavy (non-hydrogen) atoms. The van der Waals surface area contributed by atoms with Crippen LogP contribution in [0.4, 0.5) is 13.2 Å². The number of piperidine rings is 1. The Morgan fingerprint density at radius 1 is 1.38 bits per heavy atom. The predicted molar refractivity (Wildman–Crippen MR) is 71.5 cm³/mol. The first-order valence-electron chi connectivity index (χ1n) is 7.02. The number of nitrogens with zero attached hydrogens (tertiary/aromatic N) is 1. The topological polar surface area (TPSA) is 61.4 Å². The third-order valence-corrected chi connectivity index (χ3v) is 3.77. The molecule has 1 aliphatic heterocycles. The van der Waals surface area contributed by atoms with Crippen LogP contribution in [0.2, 0.25) is 0 Å². The number of carbonyl (C=O) groups excluding carboxylic acids is 2. The van der Waals surface area contributed by atoms with E-state index >= 15 is 0 Å². The number of alkyl halides is 3. The van der Waals surface area contributed by atoms with E-state index in [9.17, 15) is 22.8 Å². The summed E-state index contributed by atoms with van der Waals surface area (Å²) >= 11 is 0. The van der Waals surface area contributed by atoms with E-state index < -0.39 is 30.1 Å². The van der Waals surface area contributed by atoms with Crippen molar-refractivity contribution in [2.24, 2.45) is 5.92 Å². The van der Waals surface area contributed by atoms with Gasteiger partial charge < -0.3 is 15.5 Å². The van der Waals surface area contributed by atoms with Gasteiger partial charge in [0.05, 0.1) is 12.0 Å². The van der Waals surface area contributed by atoms with Gasteiger partial charge in [0.25, 0.3) is 0 Å². The van der Waals surface area contributed by atoms with E-state index in [2.05, 4.69) is 10.6 Å². The summed E-state index contributed by atoms with van der Waals surface area (Å²) < 4.78 is 37.6. The standard InChI is InChI=1S/C13H22F3N3O2/c1-4-19(3)12(21)8(2)18-11(20)10-6-5-9(7-17-10)13(14,15)16/h8-10,17H,4-7H2,1-3H3,(H,18,20). The van der Waals surface area contributed by atoms with Gasteiger partial charge in [0, 0.05) is 20.1 Å². The fourth-order valence-electron chi connectivity index (χ4n) is 2.22. The average molecular weight is 309 g/mol. The van der Waals surface area contributed by atoms with E-state index in [0.29, 0.717) is 6.54 Å². The molecule has 3 atom stereocenters. The first-order chi connectivity index (χ1) is 9.66. The van der Waals surface area contributed by atoms with Crippen LogP contribution in [0.15, 0.2) is 0 Å². The molecule has 0 spiro atoms. The summed E-state index contributed by atoms with van der Waals surface area (Å²) in [5.41, 5.74) is 0. The molecule has 8 heteroatoms. The lowest BCUT2D eigenvalue weighted by atomic mass is 9.94. The Labute approximate surface area is 122 Å². The largest absolute Gasteiger partial charge is 0.393 e. The Balaban J connectivity index is 2.46. The number of likely N-dealkylation sites (N-methyl/N-ethyl adjacent to an activating group) is 1. The summed E-state index contributed by atoms with van der Waals surface area (Å²) in [7, 11) is 1.62. The molecule has 2 N–H and O–H groups in total. The van der Waals surface area contributed by atoms with Gasteiger partial charge in [0.2, 0.25) is 11.8 Å². The second-order valence-corrected chi connectivity index (χ2v) is 5.36. The minimum Gasteiger partial charge on any atom is -0.344 e. The van der Waals surface area contributed by atoms with Gasteiger partial charge in [-0.2, -0.15) is 13.2 Å². The summed E-state index contributed by atoms with van der Waals surface area (Å²) in [4.78, 5) is 25.2. The van der Waals surface area contributed by atoms with Crippen molar-refractivity contribution in [2.45, 2.75) is 44.9 Å². The molecule has 0 aromatic heterocycles. The lowest BCUT2D eigenvalue weighted by Gasteiger charge is -2.31. The lowest BCUT2D eigenvalue weighted by Crippen LogP contribution is -2.55. The summed E-state index contributed by atoms with van der Waals surface area (Å²) in [6, 6.07) is -1.37. The zero-order valence-electron chi connectivity index (χ0n) is 12.5. The third kappa shape index (κ3) is 4.87. The minimum atomic E-state index is -4.23. The molecular formula is C13H22F3N3O2. The Morgan fingerprint density at radius 2 is 2.00 bits per heavy atom. The molecule has 1 saturated heterocycles. The molecule has 5 nitrogen and oxygen atoms in total. The van der Waals surface area contributed by atoms with Gasteiger partial charge >= 0.3 is 6.18 Å². The van der Waals surface area contributed by atoms with Crippen LogP contribution in [-0.4, -0.2) is 55.1 Å². The maximum Gasteiger partial charge on any atom is 0.393 e. The normalized spacial score (nSPS) is 24.3.